The zero-order chi connectivity index (χ0) is 14.0. The second-order valence-electron chi connectivity index (χ2n) is 5.18. The van der Waals surface area contributed by atoms with Crippen LogP contribution in [-0.4, -0.2) is 42.6 Å². The molecule has 0 saturated carbocycles. The predicted molar refractivity (Wildman–Crippen MR) is 86.3 cm³/mol. The van der Waals surface area contributed by atoms with Gasteiger partial charge in [0.15, 0.2) is 0 Å². The zero-order valence-corrected chi connectivity index (χ0v) is 13.0. The highest BCUT2D eigenvalue weighted by molar-refractivity contribution is 7.80. The number of halogens is 1. The maximum atomic E-state index is 6.05. The summed E-state index contributed by atoms with van der Waals surface area (Å²) in [5.74, 6) is 0. The van der Waals surface area contributed by atoms with E-state index in [2.05, 4.69) is 23.8 Å². The largest absolute Gasteiger partial charge is 0.389 e. The monoisotopic (exact) mass is 297 g/mol. The molecule has 104 valence electrons. The van der Waals surface area contributed by atoms with Crippen molar-refractivity contribution in [2.75, 3.05) is 31.6 Å². The second-order valence-corrected chi connectivity index (χ2v) is 6.06. The molecule has 1 heterocycles. The van der Waals surface area contributed by atoms with E-state index in [9.17, 15) is 0 Å². The van der Waals surface area contributed by atoms with Crippen LogP contribution in [0, 0.1) is 0 Å². The molecule has 1 fully saturated rings. The first-order chi connectivity index (χ1) is 8.99. The normalized spacial score (nSPS) is 21.2. The highest BCUT2D eigenvalue weighted by Gasteiger charge is 2.22. The van der Waals surface area contributed by atoms with Gasteiger partial charge >= 0.3 is 0 Å². The van der Waals surface area contributed by atoms with Gasteiger partial charge in [0.25, 0.3) is 0 Å². The molecule has 2 N–H and O–H groups in total. The average Bonchev–Trinajstić information content (AvgIpc) is 2.50. The second kappa shape index (κ2) is 6.07. The molecule has 1 saturated heterocycles. The molecule has 3 nitrogen and oxygen atoms in total. The smallest absolute Gasteiger partial charge is 0.106 e. The molecule has 0 bridgehead atoms. The summed E-state index contributed by atoms with van der Waals surface area (Å²) >= 11 is 11.2. The number of likely N-dealkylation sites (N-methyl/N-ethyl adjacent to an activating group) is 1. The number of anilines is 1. The quantitative estimate of drug-likeness (QED) is 0.850. The van der Waals surface area contributed by atoms with Gasteiger partial charge in [0, 0.05) is 35.4 Å². The molecule has 19 heavy (non-hydrogen) atoms. The van der Waals surface area contributed by atoms with Crippen LogP contribution < -0.4 is 10.6 Å². The molecule has 1 aliphatic rings. The van der Waals surface area contributed by atoms with Crippen molar-refractivity contribution in [2.45, 2.75) is 19.4 Å². The Balaban J connectivity index is 2.37. The van der Waals surface area contributed by atoms with Gasteiger partial charge < -0.3 is 15.5 Å². The van der Waals surface area contributed by atoms with Gasteiger partial charge in [-0.15, -0.1) is 0 Å². The van der Waals surface area contributed by atoms with E-state index >= 15 is 0 Å². The van der Waals surface area contributed by atoms with Gasteiger partial charge in [-0.2, -0.15) is 0 Å². The van der Waals surface area contributed by atoms with Crippen LogP contribution in [0.2, 0.25) is 5.02 Å². The topological polar surface area (TPSA) is 32.5 Å². The van der Waals surface area contributed by atoms with Crippen molar-refractivity contribution in [1.82, 2.24) is 4.90 Å². The lowest BCUT2D eigenvalue weighted by Crippen LogP contribution is -2.39. The van der Waals surface area contributed by atoms with Crippen LogP contribution in [0.25, 0.3) is 0 Å². The standard InChI is InChI=1S/C14H20ClN3S/c1-10-9-17(2)6-3-7-18(10)13-5-4-11(15)8-12(13)14(16)19/h4-5,8,10H,3,6-7,9H2,1-2H3,(H2,16,19). The minimum absolute atomic E-state index is 0.405. The third-order valence-corrected chi connectivity index (χ3v) is 4.04. The fraction of sp³-hybridized carbons (Fsp3) is 0.500. The van der Waals surface area contributed by atoms with Gasteiger partial charge in [-0.25, -0.2) is 0 Å². The molecule has 5 heteroatoms. The molecule has 1 unspecified atom stereocenters. The molecular weight excluding hydrogens is 278 g/mol. The number of thiocarbonyl (C=S) groups is 1. The average molecular weight is 298 g/mol. The first-order valence-corrected chi connectivity index (χ1v) is 7.32. The molecular formula is C14H20ClN3S. The van der Waals surface area contributed by atoms with Crippen molar-refractivity contribution in [3.8, 4) is 0 Å². The van der Waals surface area contributed by atoms with Crippen LogP contribution in [-0.2, 0) is 0 Å². The molecule has 0 radical (unpaired) electrons. The van der Waals surface area contributed by atoms with Crippen molar-refractivity contribution in [3.05, 3.63) is 28.8 Å². The lowest BCUT2D eigenvalue weighted by atomic mass is 10.1. The molecule has 0 spiro atoms. The Kier molecular flexibility index (Phi) is 4.66. The summed E-state index contributed by atoms with van der Waals surface area (Å²) in [7, 11) is 2.16. The van der Waals surface area contributed by atoms with E-state index in [1.165, 1.54) is 0 Å². The molecule has 1 aromatic carbocycles. The van der Waals surface area contributed by atoms with Gasteiger partial charge in [0.1, 0.15) is 4.99 Å². The van der Waals surface area contributed by atoms with Crippen LogP contribution in [0.5, 0.6) is 0 Å². The van der Waals surface area contributed by atoms with Gasteiger partial charge in [-0.1, -0.05) is 23.8 Å². The lowest BCUT2D eigenvalue weighted by Gasteiger charge is -2.31. The minimum atomic E-state index is 0.405. The van der Waals surface area contributed by atoms with Crippen LogP contribution in [0.3, 0.4) is 0 Å². The fourth-order valence-corrected chi connectivity index (χ4v) is 3.02. The maximum Gasteiger partial charge on any atom is 0.106 e. The number of nitrogens with zero attached hydrogens (tertiary/aromatic N) is 2. The summed E-state index contributed by atoms with van der Waals surface area (Å²) in [4.78, 5) is 5.15. The number of hydrogen-bond donors (Lipinski definition) is 1. The predicted octanol–water partition coefficient (Wildman–Crippen LogP) is 2.50. The number of nitrogens with two attached hydrogens (primary N) is 1. The Morgan fingerprint density at radius 2 is 2.16 bits per heavy atom. The third kappa shape index (κ3) is 3.38. The lowest BCUT2D eigenvalue weighted by molar-refractivity contribution is 0.337. The van der Waals surface area contributed by atoms with Crippen LogP contribution in [0.4, 0.5) is 5.69 Å². The first kappa shape index (κ1) is 14.6. The van der Waals surface area contributed by atoms with Gasteiger partial charge in [0.2, 0.25) is 0 Å². The van der Waals surface area contributed by atoms with E-state index < -0.39 is 0 Å². The first-order valence-electron chi connectivity index (χ1n) is 6.53. The SMILES string of the molecule is CC1CN(C)CCCN1c1ccc(Cl)cc1C(N)=S. The molecule has 1 aliphatic heterocycles. The number of rotatable bonds is 2. The van der Waals surface area contributed by atoms with E-state index in [4.69, 9.17) is 29.6 Å². The van der Waals surface area contributed by atoms with Crippen molar-refractivity contribution in [2.24, 2.45) is 5.73 Å². The number of benzene rings is 1. The molecule has 2 rings (SSSR count). The Morgan fingerprint density at radius 1 is 1.42 bits per heavy atom. The highest BCUT2D eigenvalue weighted by atomic mass is 35.5. The molecule has 0 aliphatic carbocycles. The van der Waals surface area contributed by atoms with Crippen LogP contribution in [0.1, 0.15) is 18.9 Å². The summed E-state index contributed by atoms with van der Waals surface area (Å²) in [5.41, 5.74) is 7.81. The summed E-state index contributed by atoms with van der Waals surface area (Å²) in [5, 5.41) is 0.672. The van der Waals surface area contributed by atoms with Crippen molar-refractivity contribution in [3.63, 3.8) is 0 Å². The Hall–Kier alpha value is -0.840. The van der Waals surface area contributed by atoms with Crippen molar-refractivity contribution >= 4 is 34.5 Å². The van der Waals surface area contributed by atoms with E-state index in [-0.39, 0.29) is 0 Å². The van der Waals surface area contributed by atoms with Crippen LogP contribution >= 0.6 is 23.8 Å². The highest BCUT2D eigenvalue weighted by Crippen LogP contribution is 2.27. The minimum Gasteiger partial charge on any atom is -0.389 e. The van der Waals surface area contributed by atoms with Crippen molar-refractivity contribution in [1.29, 1.82) is 0 Å². The number of hydrogen-bond acceptors (Lipinski definition) is 3. The molecule has 1 atom stereocenters. The van der Waals surface area contributed by atoms with Crippen molar-refractivity contribution < 1.29 is 0 Å². The summed E-state index contributed by atoms with van der Waals surface area (Å²) < 4.78 is 0. The molecule has 0 amide bonds. The van der Waals surface area contributed by atoms with Crippen LogP contribution in [0.15, 0.2) is 18.2 Å². The van der Waals surface area contributed by atoms with E-state index in [1.807, 2.05) is 18.2 Å². The summed E-state index contributed by atoms with van der Waals surface area (Å²) in [6.45, 7) is 5.42. The molecule has 1 aromatic rings. The zero-order valence-electron chi connectivity index (χ0n) is 11.4. The van der Waals surface area contributed by atoms with Gasteiger partial charge in [-0.05, 0) is 45.1 Å². The Morgan fingerprint density at radius 3 is 2.84 bits per heavy atom. The fourth-order valence-electron chi connectivity index (χ4n) is 2.69. The van der Waals surface area contributed by atoms with Gasteiger partial charge in [-0.3, -0.25) is 0 Å². The van der Waals surface area contributed by atoms with Gasteiger partial charge in [0.05, 0.1) is 0 Å². The Bertz CT molecular complexity index is 478. The summed E-state index contributed by atoms with van der Waals surface area (Å²) in [6, 6.07) is 6.22. The van der Waals surface area contributed by atoms with E-state index in [1.54, 1.807) is 0 Å². The molecule has 0 aromatic heterocycles. The maximum absolute atomic E-state index is 6.05. The third-order valence-electron chi connectivity index (χ3n) is 3.58. The Labute approximate surface area is 125 Å². The van der Waals surface area contributed by atoms with E-state index in [0.29, 0.717) is 16.1 Å². The summed E-state index contributed by atoms with van der Waals surface area (Å²) in [6.07, 6.45) is 1.14. The van der Waals surface area contributed by atoms with E-state index in [0.717, 1.165) is 37.3 Å².